The molecule has 1 aromatic heterocycles. The van der Waals surface area contributed by atoms with Crippen LogP contribution in [0.15, 0.2) is 59.4 Å². The summed E-state index contributed by atoms with van der Waals surface area (Å²) in [6, 6.07) is 16.3. The van der Waals surface area contributed by atoms with Crippen molar-refractivity contribution in [3.8, 4) is 0 Å². The molecule has 0 saturated carbocycles. The summed E-state index contributed by atoms with van der Waals surface area (Å²) in [5.41, 5.74) is -0.193. The van der Waals surface area contributed by atoms with E-state index in [1.807, 2.05) is 37.3 Å². The summed E-state index contributed by atoms with van der Waals surface area (Å²) in [4.78, 5) is 40.2. The number of aliphatic carboxylic acids is 1. The van der Waals surface area contributed by atoms with Crippen LogP contribution in [-0.2, 0) is 16.8 Å². The summed E-state index contributed by atoms with van der Waals surface area (Å²) >= 11 is 0. The van der Waals surface area contributed by atoms with E-state index in [0.29, 0.717) is 43.2 Å². The van der Waals surface area contributed by atoms with Crippen LogP contribution in [0.1, 0.15) is 48.7 Å². The maximum Gasteiger partial charge on any atom is 0.314 e. The quantitative estimate of drug-likeness (QED) is 0.643. The summed E-state index contributed by atoms with van der Waals surface area (Å²) in [7, 11) is 0. The van der Waals surface area contributed by atoms with Crippen molar-refractivity contribution in [2.45, 2.75) is 44.6 Å². The number of carbonyl (C=O) groups excluding carboxylic acids is 1. The van der Waals surface area contributed by atoms with E-state index >= 15 is 0 Å². The molecule has 7 heteroatoms. The number of piperidine rings is 1. The molecule has 0 spiro atoms. The number of unbranched alkanes of at least 4 members (excludes halogenated alkanes) is 1. The van der Waals surface area contributed by atoms with Gasteiger partial charge in [0.2, 0.25) is 0 Å². The molecule has 0 aliphatic carbocycles. The third kappa shape index (κ3) is 3.79. The molecular formula is C25H27N3O4. The highest BCUT2D eigenvalue weighted by molar-refractivity contribution is 6.04. The first-order chi connectivity index (χ1) is 15.5. The van der Waals surface area contributed by atoms with Gasteiger partial charge in [-0.2, -0.15) is 5.10 Å². The van der Waals surface area contributed by atoms with Crippen molar-refractivity contribution in [1.29, 1.82) is 0 Å². The van der Waals surface area contributed by atoms with Crippen molar-refractivity contribution >= 4 is 22.6 Å². The van der Waals surface area contributed by atoms with Crippen LogP contribution in [0.25, 0.3) is 10.8 Å². The fourth-order valence-corrected chi connectivity index (χ4v) is 4.48. The minimum atomic E-state index is -1.01. The van der Waals surface area contributed by atoms with Crippen LogP contribution in [0.5, 0.6) is 0 Å². The van der Waals surface area contributed by atoms with Crippen LogP contribution in [-0.4, -0.2) is 44.8 Å². The number of rotatable bonds is 6. The molecule has 0 bridgehead atoms. The Labute approximate surface area is 186 Å². The molecule has 32 heavy (non-hydrogen) atoms. The van der Waals surface area contributed by atoms with Crippen molar-refractivity contribution in [3.63, 3.8) is 0 Å². The number of benzene rings is 2. The van der Waals surface area contributed by atoms with E-state index in [1.54, 1.807) is 29.2 Å². The number of carboxylic acid groups (broad SMARTS) is 1. The van der Waals surface area contributed by atoms with Crippen LogP contribution in [0, 0.1) is 0 Å². The first-order valence-electron chi connectivity index (χ1n) is 11.1. The van der Waals surface area contributed by atoms with Gasteiger partial charge < -0.3 is 10.0 Å². The average Bonchev–Trinajstić information content (AvgIpc) is 2.84. The van der Waals surface area contributed by atoms with E-state index in [2.05, 4.69) is 5.10 Å². The smallest absolute Gasteiger partial charge is 0.314 e. The zero-order chi connectivity index (χ0) is 22.7. The number of fused-ring (bicyclic) bond motifs is 1. The molecule has 2 aromatic carbocycles. The lowest BCUT2D eigenvalue weighted by Crippen LogP contribution is -2.49. The molecule has 1 aliphatic rings. The number of hydrogen-bond acceptors (Lipinski definition) is 4. The molecule has 1 fully saturated rings. The molecule has 7 nitrogen and oxygen atoms in total. The first-order valence-corrected chi connectivity index (χ1v) is 11.1. The molecule has 4 rings (SSSR count). The van der Waals surface area contributed by atoms with Gasteiger partial charge in [0.25, 0.3) is 11.5 Å². The molecule has 1 aliphatic heterocycles. The Kier molecular flexibility index (Phi) is 6.08. The highest BCUT2D eigenvalue weighted by Crippen LogP contribution is 2.36. The monoisotopic (exact) mass is 433 g/mol. The number of aromatic nitrogens is 2. The summed E-state index contributed by atoms with van der Waals surface area (Å²) in [5.74, 6) is -1.13. The van der Waals surface area contributed by atoms with Crippen LogP contribution in [0.4, 0.5) is 0 Å². The van der Waals surface area contributed by atoms with Crippen molar-refractivity contribution in [2.75, 3.05) is 13.1 Å². The van der Waals surface area contributed by atoms with E-state index in [9.17, 15) is 19.5 Å². The molecule has 0 atom stereocenters. The van der Waals surface area contributed by atoms with Crippen LogP contribution in [0.3, 0.4) is 0 Å². The fraction of sp³-hybridized carbons (Fsp3) is 0.360. The Balaban J connectivity index is 1.65. The second kappa shape index (κ2) is 8.94. The van der Waals surface area contributed by atoms with E-state index in [0.717, 1.165) is 18.4 Å². The number of amides is 1. The van der Waals surface area contributed by atoms with E-state index in [-0.39, 0.29) is 17.2 Å². The van der Waals surface area contributed by atoms with E-state index in [4.69, 9.17) is 0 Å². The summed E-state index contributed by atoms with van der Waals surface area (Å²) in [6.45, 7) is 3.11. The van der Waals surface area contributed by atoms with Gasteiger partial charge in [-0.25, -0.2) is 4.68 Å². The summed E-state index contributed by atoms with van der Waals surface area (Å²) in [6.07, 6.45) is 2.35. The lowest BCUT2D eigenvalue weighted by atomic mass is 9.73. The number of carboxylic acids is 1. The van der Waals surface area contributed by atoms with Gasteiger partial charge in [0.1, 0.15) is 0 Å². The summed E-state index contributed by atoms with van der Waals surface area (Å²) in [5, 5.41) is 15.5. The minimum absolute atomic E-state index is 0.196. The van der Waals surface area contributed by atoms with Gasteiger partial charge in [0.15, 0.2) is 5.69 Å². The fourth-order valence-electron chi connectivity index (χ4n) is 4.48. The van der Waals surface area contributed by atoms with Gasteiger partial charge in [0.05, 0.1) is 10.8 Å². The molecule has 1 N–H and O–H groups in total. The molecule has 1 amide bonds. The van der Waals surface area contributed by atoms with Crippen molar-refractivity contribution < 1.29 is 14.7 Å². The number of carbonyl (C=O) groups is 2. The standard InChI is InChI=1S/C25H27N3O4/c1-2-3-15-28-22(29)20-12-8-7-11-19(20)21(26-28)23(30)27-16-13-25(14-17-27,24(31)32)18-9-5-4-6-10-18/h4-12H,2-3,13-17H2,1H3,(H,31,32). The van der Waals surface area contributed by atoms with Gasteiger partial charge in [-0.1, -0.05) is 61.9 Å². The van der Waals surface area contributed by atoms with Crippen LogP contribution >= 0.6 is 0 Å². The van der Waals surface area contributed by atoms with Crippen molar-refractivity contribution in [3.05, 3.63) is 76.2 Å². The van der Waals surface area contributed by atoms with Crippen LogP contribution in [0.2, 0.25) is 0 Å². The third-order valence-electron chi connectivity index (χ3n) is 6.43. The van der Waals surface area contributed by atoms with Crippen molar-refractivity contribution in [2.24, 2.45) is 0 Å². The molecule has 0 radical (unpaired) electrons. The molecule has 3 aromatic rings. The maximum absolute atomic E-state index is 13.5. The zero-order valence-electron chi connectivity index (χ0n) is 18.2. The predicted octanol–water partition coefficient (Wildman–Crippen LogP) is 3.46. The Morgan fingerprint density at radius 3 is 2.25 bits per heavy atom. The Morgan fingerprint density at radius 1 is 1.00 bits per heavy atom. The maximum atomic E-state index is 13.5. The largest absolute Gasteiger partial charge is 0.481 e. The van der Waals surface area contributed by atoms with E-state index in [1.165, 1.54) is 4.68 Å². The zero-order valence-corrected chi connectivity index (χ0v) is 18.2. The molecule has 166 valence electrons. The predicted molar refractivity (Wildman–Crippen MR) is 122 cm³/mol. The average molecular weight is 434 g/mol. The van der Waals surface area contributed by atoms with Crippen LogP contribution < -0.4 is 5.56 Å². The number of nitrogens with zero attached hydrogens (tertiary/aromatic N) is 3. The third-order valence-corrected chi connectivity index (χ3v) is 6.43. The Hall–Kier alpha value is -3.48. The topological polar surface area (TPSA) is 92.5 Å². The van der Waals surface area contributed by atoms with E-state index < -0.39 is 11.4 Å². The normalized spacial score (nSPS) is 15.6. The highest BCUT2D eigenvalue weighted by Gasteiger charge is 2.44. The van der Waals surface area contributed by atoms with Crippen molar-refractivity contribution in [1.82, 2.24) is 14.7 Å². The van der Waals surface area contributed by atoms with Gasteiger partial charge in [-0.05, 0) is 30.9 Å². The first kappa shape index (κ1) is 21.7. The van der Waals surface area contributed by atoms with Gasteiger partial charge in [0, 0.05) is 25.0 Å². The summed E-state index contributed by atoms with van der Waals surface area (Å²) < 4.78 is 1.38. The number of aryl methyl sites for hydroxylation is 1. The lowest BCUT2D eigenvalue weighted by Gasteiger charge is -2.39. The molecule has 2 heterocycles. The second-order valence-electron chi connectivity index (χ2n) is 8.32. The number of hydrogen-bond donors (Lipinski definition) is 1. The molecule has 0 unspecified atom stereocenters. The molecular weight excluding hydrogens is 406 g/mol. The highest BCUT2D eigenvalue weighted by atomic mass is 16.4. The van der Waals surface area contributed by atoms with Gasteiger partial charge >= 0.3 is 5.97 Å². The Morgan fingerprint density at radius 2 is 1.62 bits per heavy atom. The lowest BCUT2D eigenvalue weighted by molar-refractivity contribution is -0.145. The second-order valence-corrected chi connectivity index (χ2v) is 8.32. The Bertz CT molecular complexity index is 1190. The van der Waals surface area contributed by atoms with Gasteiger partial charge in [-0.15, -0.1) is 0 Å². The minimum Gasteiger partial charge on any atom is -0.481 e. The van der Waals surface area contributed by atoms with Gasteiger partial charge in [-0.3, -0.25) is 14.4 Å². The number of likely N-dealkylation sites (tertiary alicyclic amines) is 1. The molecule has 1 saturated heterocycles. The SMILES string of the molecule is CCCCn1nc(C(=O)N2CCC(C(=O)O)(c3ccccc3)CC2)c2ccccc2c1=O.